The van der Waals surface area contributed by atoms with Crippen LogP contribution in [0.2, 0.25) is 0 Å². The molecule has 112 valence electrons. The largest absolute Gasteiger partial charge is 0.454 e. The monoisotopic (exact) mass is 297 g/mol. The van der Waals surface area contributed by atoms with E-state index in [0.29, 0.717) is 18.7 Å². The highest BCUT2D eigenvalue weighted by atomic mass is 16.7. The molecule has 1 aromatic carbocycles. The van der Waals surface area contributed by atoms with Crippen molar-refractivity contribution in [3.63, 3.8) is 0 Å². The average molecular weight is 297 g/mol. The summed E-state index contributed by atoms with van der Waals surface area (Å²) in [4.78, 5) is 24.7. The highest BCUT2D eigenvalue weighted by Gasteiger charge is 2.18. The molecular weight excluding hydrogens is 282 g/mol. The Bertz CT molecular complexity index is 688. The Kier molecular flexibility index (Phi) is 4.05. The van der Waals surface area contributed by atoms with E-state index in [1.807, 2.05) is 24.3 Å². The summed E-state index contributed by atoms with van der Waals surface area (Å²) in [5.74, 6) is 0.887. The second-order valence-electron chi connectivity index (χ2n) is 4.85. The van der Waals surface area contributed by atoms with Gasteiger partial charge in [-0.2, -0.15) is 0 Å². The van der Waals surface area contributed by atoms with Crippen molar-refractivity contribution in [1.29, 1.82) is 0 Å². The third kappa shape index (κ3) is 3.09. The molecule has 2 aliphatic rings. The zero-order valence-electron chi connectivity index (χ0n) is 11.9. The second kappa shape index (κ2) is 6.30. The lowest BCUT2D eigenvalue weighted by Gasteiger charge is -2.19. The van der Waals surface area contributed by atoms with Gasteiger partial charge in [-0.25, -0.2) is 0 Å². The van der Waals surface area contributed by atoms with E-state index in [9.17, 15) is 9.59 Å². The molecule has 0 spiro atoms. The molecule has 0 aliphatic carbocycles. The van der Waals surface area contributed by atoms with Crippen LogP contribution in [0, 0.1) is 0 Å². The molecule has 22 heavy (non-hydrogen) atoms. The van der Waals surface area contributed by atoms with E-state index in [1.165, 1.54) is 17.1 Å². The van der Waals surface area contributed by atoms with Gasteiger partial charge in [0.05, 0.1) is 0 Å². The minimum Gasteiger partial charge on any atom is -0.454 e. The van der Waals surface area contributed by atoms with Gasteiger partial charge in [-0.1, -0.05) is 30.4 Å². The van der Waals surface area contributed by atoms with Gasteiger partial charge in [-0.05, 0) is 30.2 Å². The summed E-state index contributed by atoms with van der Waals surface area (Å²) < 4.78 is 10.5. The Morgan fingerprint density at radius 2 is 2.05 bits per heavy atom. The third-order valence-electron chi connectivity index (χ3n) is 3.35. The number of hydrogen-bond acceptors (Lipinski definition) is 4. The maximum Gasteiger partial charge on any atom is 0.253 e. The number of carbonyl (C=O) groups is 2. The first kappa shape index (κ1) is 14.1. The molecule has 0 unspecified atom stereocenters. The van der Waals surface area contributed by atoms with E-state index >= 15 is 0 Å². The Morgan fingerprint density at radius 3 is 2.91 bits per heavy atom. The zero-order valence-corrected chi connectivity index (χ0v) is 11.9. The van der Waals surface area contributed by atoms with Gasteiger partial charge in [-0.3, -0.25) is 14.5 Å². The average Bonchev–Trinajstić information content (AvgIpc) is 2.99. The van der Waals surface area contributed by atoms with Crippen LogP contribution in [-0.2, 0) is 9.59 Å². The first-order chi connectivity index (χ1) is 10.7. The fourth-order valence-corrected chi connectivity index (χ4v) is 2.22. The summed E-state index contributed by atoms with van der Waals surface area (Å²) >= 11 is 0. The highest BCUT2D eigenvalue weighted by Crippen LogP contribution is 2.32. The Morgan fingerprint density at radius 1 is 1.18 bits per heavy atom. The summed E-state index contributed by atoms with van der Waals surface area (Å²) in [7, 11) is 0. The molecule has 2 heterocycles. The molecule has 1 aromatic rings. The quantitative estimate of drug-likeness (QED) is 0.634. The topological polar surface area (TPSA) is 55.8 Å². The number of benzene rings is 1. The van der Waals surface area contributed by atoms with Crippen LogP contribution in [-0.4, -0.2) is 30.1 Å². The summed E-state index contributed by atoms with van der Waals surface area (Å²) in [6.45, 7) is 0.680. The first-order valence-corrected chi connectivity index (χ1v) is 7.00. The summed E-state index contributed by atoms with van der Waals surface area (Å²) in [5.41, 5.74) is 0.943. The minimum atomic E-state index is -0.301. The maximum absolute atomic E-state index is 11.9. The van der Waals surface area contributed by atoms with Crippen LogP contribution in [0.15, 0.2) is 48.6 Å². The Labute approximate surface area is 128 Å². The van der Waals surface area contributed by atoms with Crippen molar-refractivity contribution in [1.82, 2.24) is 4.90 Å². The van der Waals surface area contributed by atoms with Crippen LogP contribution in [0.1, 0.15) is 12.0 Å². The standard InChI is InChI=1S/C17H15NO4/c19-16(18-10-4-3-7-17(18)20)6-2-1-5-13-8-9-14-15(11-13)22-12-21-14/h1-3,5-9,11H,4,10,12H2/b5-1+,6-2+. The van der Waals surface area contributed by atoms with Gasteiger partial charge in [0.1, 0.15) is 0 Å². The summed E-state index contributed by atoms with van der Waals surface area (Å²) in [5, 5.41) is 0. The lowest BCUT2D eigenvalue weighted by Crippen LogP contribution is -2.37. The van der Waals surface area contributed by atoms with Crippen molar-refractivity contribution >= 4 is 17.9 Å². The molecule has 3 rings (SSSR count). The van der Waals surface area contributed by atoms with E-state index < -0.39 is 0 Å². The lowest BCUT2D eigenvalue weighted by atomic mass is 10.2. The number of allylic oxidation sites excluding steroid dienone is 2. The van der Waals surface area contributed by atoms with Gasteiger partial charge in [0, 0.05) is 12.6 Å². The highest BCUT2D eigenvalue weighted by molar-refractivity contribution is 6.05. The predicted octanol–water partition coefficient (Wildman–Crippen LogP) is 2.30. The van der Waals surface area contributed by atoms with Crippen molar-refractivity contribution in [2.24, 2.45) is 0 Å². The number of imide groups is 1. The lowest BCUT2D eigenvalue weighted by molar-refractivity contribution is -0.139. The predicted molar refractivity (Wildman–Crippen MR) is 81.2 cm³/mol. The van der Waals surface area contributed by atoms with Crippen molar-refractivity contribution in [3.05, 3.63) is 54.1 Å². The molecule has 0 saturated carbocycles. The molecule has 0 saturated heterocycles. The fourth-order valence-electron chi connectivity index (χ4n) is 2.22. The normalized spacial score (nSPS) is 16.9. The van der Waals surface area contributed by atoms with Crippen LogP contribution in [0.5, 0.6) is 11.5 Å². The summed E-state index contributed by atoms with van der Waals surface area (Å²) in [6, 6.07) is 5.61. The number of fused-ring (bicyclic) bond motifs is 1. The molecular formula is C17H15NO4. The number of hydrogen-bond donors (Lipinski definition) is 0. The number of carbonyl (C=O) groups excluding carboxylic acids is 2. The minimum absolute atomic E-state index is 0.245. The Balaban J connectivity index is 1.60. The van der Waals surface area contributed by atoms with Crippen molar-refractivity contribution < 1.29 is 19.1 Å². The van der Waals surface area contributed by atoms with E-state index in [2.05, 4.69) is 0 Å². The molecule has 2 aliphatic heterocycles. The molecule has 0 atom stereocenters. The molecule has 0 fully saturated rings. The van der Waals surface area contributed by atoms with Crippen LogP contribution in [0.4, 0.5) is 0 Å². The number of nitrogens with zero attached hydrogens (tertiary/aromatic N) is 1. The van der Waals surface area contributed by atoms with Crippen LogP contribution in [0.25, 0.3) is 6.08 Å². The maximum atomic E-state index is 11.9. The van der Waals surface area contributed by atoms with Crippen molar-refractivity contribution in [2.45, 2.75) is 6.42 Å². The molecule has 0 radical (unpaired) electrons. The van der Waals surface area contributed by atoms with Gasteiger partial charge in [-0.15, -0.1) is 0 Å². The van der Waals surface area contributed by atoms with E-state index in [4.69, 9.17) is 9.47 Å². The molecule has 5 heteroatoms. The van der Waals surface area contributed by atoms with Gasteiger partial charge in [0.25, 0.3) is 11.8 Å². The molecule has 2 amide bonds. The second-order valence-corrected chi connectivity index (χ2v) is 4.85. The first-order valence-electron chi connectivity index (χ1n) is 7.00. The third-order valence-corrected chi connectivity index (χ3v) is 3.35. The van der Waals surface area contributed by atoms with Gasteiger partial charge in [0.15, 0.2) is 11.5 Å². The molecule has 0 N–H and O–H groups in total. The van der Waals surface area contributed by atoms with Crippen LogP contribution in [0.3, 0.4) is 0 Å². The van der Waals surface area contributed by atoms with E-state index in [-0.39, 0.29) is 18.6 Å². The molecule has 5 nitrogen and oxygen atoms in total. The van der Waals surface area contributed by atoms with E-state index in [0.717, 1.165) is 11.3 Å². The van der Waals surface area contributed by atoms with Crippen molar-refractivity contribution in [2.75, 3.05) is 13.3 Å². The molecule has 0 bridgehead atoms. The number of amides is 2. The Hall–Kier alpha value is -2.82. The van der Waals surface area contributed by atoms with Crippen molar-refractivity contribution in [3.8, 4) is 11.5 Å². The zero-order chi connectivity index (χ0) is 15.4. The van der Waals surface area contributed by atoms with E-state index in [1.54, 1.807) is 18.2 Å². The summed E-state index contributed by atoms with van der Waals surface area (Å²) in [6.07, 6.45) is 10.5. The van der Waals surface area contributed by atoms with Crippen LogP contribution < -0.4 is 9.47 Å². The molecule has 0 aromatic heterocycles. The SMILES string of the molecule is O=C1C=CCCN1C(=O)/C=C/C=C/c1ccc2c(c1)OCO2. The van der Waals surface area contributed by atoms with Gasteiger partial charge in [0.2, 0.25) is 6.79 Å². The fraction of sp³-hybridized carbons (Fsp3) is 0.176. The van der Waals surface area contributed by atoms with Crippen LogP contribution >= 0.6 is 0 Å². The number of rotatable bonds is 3. The van der Waals surface area contributed by atoms with Gasteiger partial charge >= 0.3 is 0 Å². The number of ether oxygens (including phenoxy) is 2. The smallest absolute Gasteiger partial charge is 0.253 e. The van der Waals surface area contributed by atoms with Gasteiger partial charge < -0.3 is 9.47 Å².